The molecule has 1 amide bonds. The smallest absolute Gasteiger partial charge is 0.251 e. The summed E-state index contributed by atoms with van der Waals surface area (Å²) >= 11 is 0. The van der Waals surface area contributed by atoms with E-state index in [9.17, 15) is 4.79 Å². The number of benzene rings is 2. The van der Waals surface area contributed by atoms with Crippen LogP contribution in [0.15, 0.2) is 42.5 Å². The van der Waals surface area contributed by atoms with Gasteiger partial charge in [0.05, 0.1) is 19.8 Å². The van der Waals surface area contributed by atoms with Gasteiger partial charge >= 0.3 is 0 Å². The molecule has 0 bridgehead atoms. The van der Waals surface area contributed by atoms with Gasteiger partial charge in [0.25, 0.3) is 5.91 Å². The monoisotopic (exact) mass is 357 g/mol. The number of ether oxygens (including phenoxy) is 3. The highest BCUT2D eigenvalue weighted by Gasteiger charge is 2.08. The molecule has 0 aliphatic rings. The summed E-state index contributed by atoms with van der Waals surface area (Å²) in [5, 5.41) is 2.95. The van der Waals surface area contributed by atoms with Gasteiger partial charge in [0.1, 0.15) is 0 Å². The predicted octanol–water partition coefficient (Wildman–Crippen LogP) is 3.60. The third-order valence-corrected chi connectivity index (χ3v) is 3.83. The van der Waals surface area contributed by atoms with Crippen LogP contribution in [0.2, 0.25) is 0 Å². The lowest BCUT2D eigenvalue weighted by Gasteiger charge is -2.12. The molecule has 2 aromatic rings. The summed E-state index contributed by atoms with van der Waals surface area (Å²) in [5.41, 5.74) is 2.78. The fraction of sp³-hybridized carbons (Fsp3) is 0.381. The Bertz CT molecular complexity index is 698. The Labute approximate surface area is 155 Å². The van der Waals surface area contributed by atoms with E-state index < -0.39 is 0 Å². The van der Waals surface area contributed by atoms with Gasteiger partial charge in [-0.1, -0.05) is 18.2 Å². The number of carbonyl (C=O) groups excluding carboxylic acids is 1. The van der Waals surface area contributed by atoms with Gasteiger partial charge in [-0.3, -0.25) is 4.79 Å². The lowest BCUT2D eigenvalue weighted by Crippen LogP contribution is -2.25. The van der Waals surface area contributed by atoms with Crippen LogP contribution in [0.5, 0.6) is 11.5 Å². The molecule has 0 aliphatic heterocycles. The van der Waals surface area contributed by atoms with Crippen molar-refractivity contribution in [3.05, 3.63) is 59.2 Å². The third-order valence-electron chi connectivity index (χ3n) is 3.83. The number of rotatable bonds is 10. The average molecular weight is 357 g/mol. The van der Waals surface area contributed by atoms with E-state index in [-0.39, 0.29) is 5.91 Å². The zero-order chi connectivity index (χ0) is 18.8. The molecule has 0 saturated carbocycles. The molecule has 5 heteroatoms. The molecule has 26 heavy (non-hydrogen) atoms. The molecule has 0 heterocycles. The number of amides is 1. The van der Waals surface area contributed by atoms with E-state index in [1.807, 2.05) is 56.3 Å². The summed E-state index contributed by atoms with van der Waals surface area (Å²) in [6, 6.07) is 13.3. The minimum absolute atomic E-state index is 0.0788. The molecule has 0 unspecified atom stereocenters. The summed E-state index contributed by atoms with van der Waals surface area (Å²) in [6.07, 6.45) is 0.722. The minimum atomic E-state index is -0.0788. The number of hydrogen-bond acceptors (Lipinski definition) is 4. The Morgan fingerprint density at radius 2 is 1.58 bits per heavy atom. The fourth-order valence-corrected chi connectivity index (χ4v) is 2.59. The predicted molar refractivity (Wildman–Crippen MR) is 102 cm³/mol. The van der Waals surface area contributed by atoms with Gasteiger partial charge in [-0.25, -0.2) is 0 Å². The van der Waals surface area contributed by atoms with E-state index in [1.165, 1.54) is 0 Å². The van der Waals surface area contributed by atoms with Crippen molar-refractivity contribution >= 4 is 5.91 Å². The normalized spacial score (nSPS) is 10.4. The Hall–Kier alpha value is -2.53. The summed E-state index contributed by atoms with van der Waals surface area (Å²) in [4.78, 5) is 12.2. The fourth-order valence-electron chi connectivity index (χ4n) is 2.59. The average Bonchev–Trinajstić information content (AvgIpc) is 2.65. The lowest BCUT2D eigenvalue weighted by molar-refractivity contribution is 0.0954. The van der Waals surface area contributed by atoms with Gasteiger partial charge in [-0.05, 0) is 55.7 Å². The van der Waals surface area contributed by atoms with Crippen molar-refractivity contribution in [3.63, 3.8) is 0 Å². The molecule has 0 fully saturated rings. The van der Waals surface area contributed by atoms with Gasteiger partial charge in [0.15, 0.2) is 11.5 Å². The molecule has 0 aliphatic carbocycles. The summed E-state index contributed by atoms with van der Waals surface area (Å²) in [7, 11) is 1.65. The standard InChI is InChI=1S/C21H27NO4/c1-4-25-19-11-8-16(14-20(19)26-5-2)12-13-22-21(23)18-9-6-17(7-10-18)15-24-3/h6-11,14H,4-5,12-13,15H2,1-3H3,(H,22,23). The Kier molecular flexibility index (Phi) is 7.96. The summed E-state index contributed by atoms with van der Waals surface area (Å²) in [5.74, 6) is 1.41. The lowest BCUT2D eigenvalue weighted by atomic mass is 10.1. The minimum Gasteiger partial charge on any atom is -0.490 e. The quantitative estimate of drug-likeness (QED) is 0.706. The molecule has 2 rings (SSSR count). The van der Waals surface area contributed by atoms with Crippen LogP contribution in [0.3, 0.4) is 0 Å². The Morgan fingerprint density at radius 3 is 2.23 bits per heavy atom. The van der Waals surface area contributed by atoms with Gasteiger partial charge in [-0.2, -0.15) is 0 Å². The van der Waals surface area contributed by atoms with Crippen LogP contribution in [-0.4, -0.2) is 32.8 Å². The maximum absolute atomic E-state index is 12.2. The second kappa shape index (κ2) is 10.5. The van der Waals surface area contributed by atoms with Crippen molar-refractivity contribution < 1.29 is 19.0 Å². The van der Waals surface area contributed by atoms with Gasteiger partial charge < -0.3 is 19.5 Å². The van der Waals surface area contributed by atoms with E-state index in [0.717, 1.165) is 29.0 Å². The van der Waals surface area contributed by atoms with Gasteiger partial charge in [-0.15, -0.1) is 0 Å². The number of methoxy groups -OCH3 is 1. The zero-order valence-corrected chi connectivity index (χ0v) is 15.7. The van der Waals surface area contributed by atoms with Crippen molar-refractivity contribution in [2.75, 3.05) is 26.9 Å². The molecule has 2 aromatic carbocycles. The van der Waals surface area contributed by atoms with Crippen LogP contribution in [0.25, 0.3) is 0 Å². The molecule has 0 atom stereocenters. The maximum Gasteiger partial charge on any atom is 0.251 e. The zero-order valence-electron chi connectivity index (χ0n) is 15.7. The highest BCUT2D eigenvalue weighted by atomic mass is 16.5. The first kappa shape index (κ1) is 19.8. The second-order valence-corrected chi connectivity index (χ2v) is 5.78. The highest BCUT2D eigenvalue weighted by Crippen LogP contribution is 2.28. The number of carbonyl (C=O) groups is 1. The Morgan fingerprint density at radius 1 is 0.923 bits per heavy atom. The summed E-state index contributed by atoms with van der Waals surface area (Å²) < 4.78 is 16.3. The topological polar surface area (TPSA) is 56.8 Å². The molecule has 5 nitrogen and oxygen atoms in total. The largest absolute Gasteiger partial charge is 0.490 e. The molecule has 0 saturated heterocycles. The van der Waals surface area contributed by atoms with E-state index in [1.54, 1.807) is 7.11 Å². The van der Waals surface area contributed by atoms with Crippen LogP contribution in [0.1, 0.15) is 35.3 Å². The van der Waals surface area contributed by atoms with Crippen molar-refractivity contribution in [2.45, 2.75) is 26.9 Å². The van der Waals surface area contributed by atoms with Gasteiger partial charge in [0.2, 0.25) is 0 Å². The number of nitrogens with one attached hydrogen (secondary N) is 1. The molecule has 1 N–H and O–H groups in total. The SMILES string of the molecule is CCOc1ccc(CCNC(=O)c2ccc(COC)cc2)cc1OCC. The highest BCUT2D eigenvalue weighted by molar-refractivity contribution is 5.94. The van der Waals surface area contributed by atoms with Crippen molar-refractivity contribution in [3.8, 4) is 11.5 Å². The first-order valence-corrected chi connectivity index (χ1v) is 8.92. The van der Waals surface area contributed by atoms with Crippen molar-refractivity contribution in [1.29, 1.82) is 0 Å². The summed E-state index contributed by atoms with van der Waals surface area (Å²) in [6.45, 7) is 6.17. The maximum atomic E-state index is 12.2. The van der Waals surface area contributed by atoms with Crippen LogP contribution >= 0.6 is 0 Å². The van der Waals surface area contributed by atoms with Crippen LogP contribution < -0.4 is 14.8 Å². The first-order chi connectivity index (χ1) is 12.7. The van der Waals surface area contributed by atoms with E-state index in [2.05, 4.69) is 5.32 Å². The Balaban J connectivity index is 1.90. The molecule has 0 spiro atoms. The second-order valence-electron chi connectivity index (χ2n) is 5.78. The first-order valence-electron chi connectivity index (χ1n) is 8.92. The van der Waals surface area contributed by atoms with Crippen LogP contribution in [-0.2, 0) is 17.8 Å². The molecule has 0 radical (unpaired) electrons. The third kappa shape index (κ3) is 5.77. The molecular weight excluding hydrogens is 330 g/mol. The molecule has 0 aromatic heterocycles. The van der Waals surface area contributed by atoms with Gasteiger partial charge in [0, 0.05) is 19.2 Å². The van der Waals surface area contributed by atoms with Crippen LogP contribution in [0, 0.1) is 0 Å². The number of hydrogen-bond donors (Lipinski definition) is 1. The van der Waals surface area contributed by atoms with Crippen LogP contribution in [0.4, 0.5) is 0 Å². The van der Waals surface area contributed by atoms with E-state index >= 15 is 0 Å². The van der Waals surface area contributed by atoms with E-state index in [0.29, 0.717) is 31.9 Å². The van der Waals surface area contributed by atoms with Crippen molar-refractivity contribution in [1.82, 2.24) is 5.32 Å². The molecule has 140 valence electrons. The van der Waals surface area contributed by atoms with E-state index in [4.69, 9.17) is 14.2 Å². The molecular formula is C21H27NO4. The van der Waals surface area contributed by atoms with Crippen molar-refractivity contribution in [2.24, 2.45) is 0 Å².